The summed E-state index contributed by atoms with van der Waals surface area (Å²) < 4.78 is 15.8. The number of amides is 1. The molecule has 4 rings (SSSR count). The number of ether oxygens (including phenoxy) is 2. The Balaban J connectivity index is 1.39. The van der Waals surface area contributed by atoms with Crippen LogP contribution < -0.4 is 9.47 Å². The number of hydrogen-bond acceptors (Lipinski definition) is 7. The minimum absolute atomic E-state index is 0.0209. The Bertz CT molecular complexity index is 752. The van der Waals surface area contributed by atoms with Gasteiger partial charge in [0.15, 0.2) is 17.3 Å². The van der Waals surface area contributed by atoms with Gasteiger partial charge < -0.3 is 18.9 Å². The first-order chi connectivity index (χ1) is 11.7. The highest BCUT2D eigenvalue weighted by atomic mass is 16.7. The average molecular weight is 330 g/mol. The van der Waals surface area contributed by atoms with Crippen LogP contribution in [0.2, 0.25) is 0 Å². The topological polar surface area (TPSA) is 80.9 Å². The lowest BCUT2D eigenvalue weighted by Gasteiger charge is -2.34. The minimum Gasteiger partial charge on any atom is -0.454 e. The summed E-state index contributed by atoms with van der Waals surface area (Å²) in [6.07, 6.45) is 0. The number of carbonyl (C=O) groups is 1. The van der Waals surface area contributed by atoms with Crippen molar-refractivity contribution < 1.29 is 18.8 Å². The van der Waals surface area contributed by atoms with E-state index in [2.05, 4.69) is 15.0 Å². The fourth-order valence-corrected chi connectivity index (χ4v) is 2.98. The number of rotatable bonds is 3. The van der Waals surface area contributed by atoms with Gasteiger partial charge in [0.05, 0.1) is 12.1 Å². The zero-order chi connectivity index (χ0) is 16.5. The molecule has 0 unspecified atom stereocenters. The fraction of sp³-hybridized carbons (Fsp3) is 0.438. The number of piperazine rings is 1. The molecular weight excluding hydrogens is 312 g/mol. The Morgan fingerprint density at radius 2 is 2.04 bits per heavy atom. The van der Waals surface area contributed by atoms with E-state index in [0.29, 0.717) is 48.4 Å². The van der Waals surface area contributed by atoms with Crippen LogP contribution in [0.4, 0.5) is 0 Å². The maximum absolute atomic E-state index is 12.8. The zero-order valence-corrected chi connectivity index (χ0v) is 13.4. The van der Waals surface area contributed by atoms with E-state index in [0.717, 1.165) is 13.1 Å². The molecule has 0 bridgehead atoms. The Morgan fingerprint density at radius 1 is 1.21 bits per heavy atom. The number of benzene rings is 1. The van der Waals surface area contributed by atoms with Crippen molar-refractivity contribution >= 4 is 5.91 Å². The summed E-state index contributed by atoms with van der Waals surface area (Å²) in [5.41, 5.74) is 0.562. The maximum atomic E-state index is 12.8. The lowest BCUT2D eigenvalue weighted by atomic mass is 10.1. The maximum Gasteiger partial charge on any atom is 0.257 e. The molecule has 0 spiro atoms. The Hall–Kier alpha value is -2.61. The van der Waals surface area contributed by atoms with Crippen LogP contribution in [-0.4, -0.2) is 58.8 Å². The summed E-state index contributed by atoms with van der Waals surface area (Å²) in [7, 11) is 0. The number of aromatic nitrogens is 2. The van der Waals surface area contributed by atoms with Crippen molar-refractivity contribution in [3.8, 4) is 11.5 Å². The summed E-state index contributed by atoms with van der Waals surface area (Å²) in [5.74, 6) is 2.41. The van der Waals surface area contributed by atoms with E-state index in [-0.39, 0.29) is 12.7 Å². The molecule has 1 saturated heterocycles. The highest BCUT2D eigenvalue weighted by Gasteiger charge is 2.28. The largest absolute Gasteiger partial charge is 0.454 e. The van der Waals surface area contributed by atoms with Crippen LogP contribution in [-0.2, 0) is 6.54 Å². The van der Waals surface area contributed by atoms with Crippen LogP contribution in [0.15, 0.2) is 22.7 Å². The van der Waals surface area contributed by atoms with Crippen molar-refractivity contribution in [3.05, 3.63) is 35.5 Å². The molecule has 1 aromatic heterocycles. The smallest absolute Gasteiger partial charge is 0.257 e. The van der Waals surface area contributed by atoms with Gasteiger partial charge in [-0.05, 0) is 12.1 Å². The fourth-order valence-electron chi connectivity index (χ4n) is 2.98. The SMILES string of the molecule is Cc1nc(CN2CCN(C(=O)c3cccc4c3OCO4)CC2)no1. The summed E-state index contributed by atoms with van der Waals surface area (Å²) >= 11 is 0. The molecule has 0 radical (unpaired) electrons. The molecule has 2 aliphatic rings. The zero-order valence-electron chi connectivity index (χ0n) is 13.4. The van der Waals surface area contributed by atoms with Crippen LogP contribution in [0.5, 0.6) is 11.5 Å². The summed E-state index contributed by atoms with van der Waals surface area (Å²) in [6, 6.07) is 5.41. The molecule has 2 aromatic rings. The van der Waals surface area contributed by atoms with E-state index < -0.39 is 0 Å². The molecule has 0 saturated carbocycles. The normalized spacial score (nSPS) is 17.3. The molecule has 3 heterocycles. The summed E-state index contributed by atoms with van der Waals surface area (Å²) in [4.78, 5) is 21.0. The molecule has 0 N–H and O–H groups in total. The number of nitrogens with zero attached hydrogens (tertiary/aromatic N) is 4. The summed E-state index contributed by atoms with van der Waals surface area (Å²) in [6.45, 7) is 5.42. The number of para-hydroxylation sites is 1. The highest BCUT2D eigenvalue weighted by molar-refractivity contribution is 5.98. The van der Waals surface area contributed by atoms with E-state index in [1.165, 1.54) is 0 Å². The molecule has 1 aromatic carbocycles. The quantitative estimate of drug-likeness (QED) is 0.832. The van der Waals surface area contributed by atoms with Crippen molar-refractivity contribution in [3.63, 3.8) is 0 Å². The van der Waals surface area contributed by atoms with E-state index in [1.807, 2.05) is 17.0 Å². The standard InChI is InChI=1S/C16H18N4O4/c1-11-17-14(18-24-11)9-19-5-7-20(8-6-19)16(21)12-3-2-4-13-15(12)23-10-22-13/h2-4H,5-10H2,1H3. The summed E-state index contributed by atoms with van der Waals surface area (Å²) in [5, 5.41) is 3.91. The van der Waals surface area contributed by atoms with Gasteiger partial charge in [-0.15, -0.1) is 0 Å². The van der Waals surface area contributed by atoms with Crippen molar-refractivity contribution in [2.45, 2.75) is 13.5 Å². The molecule has 1 fully saturated rings. The average Bonchev–Trinajstić information content (AvgIpc) is 3.23. The van der Waals surface area contributed by atoms with Gasteiger partial charge in [0.25, 0.3) is 5.91 Å². The number of carbonyl (C=O) groups excluding carboxylic acids is 1. The van der Waals surface area contributed by atoms with E-state index in [4.69, 9.17) is 14.0 Å². The first-order valence-electron chi connectivity index (χ1n) is 7.90. The van der Waals surface area contributed by atoms with E-state index in [9.17, 15) is 4.79 Å². The molecule has 8 heteroatoms. The predicted molar refractivity (Wildman–Crippen MR) is 82.8 cm³/mol. The molecule has 2 aliphatic heterocycles. The Morgan fingerprint density at radius 3 is 2.79 bits per heavy atom. The number of hydrogen-bond donors (Lipinski definition) is 0. The molecule has 24 heavy (non-hydrogen) atoms. The van der Waals surface area contributed by atoms with Crippen LogP contribution >= 0.6 is 0 Å². The third kappa shape index (κ3) is 2.80. The molecule has 1 amide bonds. The third-order valence-electron chi connectivity index (χ3n) is 4.22. The Labute approximate surface area is 138 Å². The number of aryl methyl sites for hydroxylation is 1. The molecule has 0 aliphatic carbocycles. The predicted octanol–water partition coefficient (Wildman–Crippen LogP) is 1.06. The van der Waals surface area contributed by atoms with Crippen LogP contribution in [0.1, 0.15) is 22.1 Å². The molecule has 126 valence electrons. The van der Waals surface area contributed by atoms with Gasteiger partial charge in [-0.1, -0.05) is 11.2 Å². The lowest BCUT2D eigenvalue weighted by Crippen LogP contribution is -2.48. The minimum atomic E-state index is -0.0209. The van der Waals surface area contributed by atoms with Crippen molar-refractivity contribution in [1.29, 1.82) is 0 Å². The Kier molecular flexibility index (Phi) is 3.81. The van der Waals surface area contributed by atoms with Gasteiger partial charge in [0.2, 0.25) is 12.7 Å². The van der Waals surface area contributed by atoms with Crippen LogP contribution in [0, 0.1) is 6.92 Å². The van der Waals surface area contributed by atoms with Crippen molar-refractivity contribution in [2.75, 3.05) is 33.0 Å². The lowest BCUT2D eigenvalue weighted by molar-refractivity contribution is 0.0620. The van der Waals surface area contributed by atoms with Gasteiger partial charge in [-0.2, -0.15) is 4.98 Å². The molecule has 8 nitrogen and oxygen atoms in total. The highest BCUT2D eigenvalue weighted by Crippen LogP contribution is 2.36. The van der Waals surface area contributed by atoms with Gasteiger partial charge in [-0.25, -0.2) is 0 Å². The van der Waals surface area contributed by atoms with Crippen molar-refractivity contribution in [1.82, 2.24) is 19.9 Å². The van der Waals surface area contributed by atoms with E-state index in [1.54, 1.807) is 13.0 Å². The van der Waals surface area contributed by atoms with Gasteiger partial charge >= 0.3 is 0 Å². The van der Waals surface area contributed by atoms with E-state index >= 15 is 0 Å². The molecular formula is C16H18N4O4. The van der Waals surface area contributed by atoms with Gasteiger partial charge in [0.1, 0.15) is 0 Å². The first-order valence-corrected chi connectivity index (χ1v) is 7.90. The second kappa shape index (κ2) is 6.12. The first kappa shape index (κ1) is 14.9. The second-order valence-corrected chi connectivity index (χ2v) is 5.84. The number of fused-ring (bicyclic) bond motifs is 1. The molecule has 0 atom stereocenters. The van der Waals surface area contributed by atoms with Gasteiger partial charge in [-0.3, -0.25) is 9.69 Å². The monoisotopic (exact) mass is 330 g/mol. The van der Waals surface area contributed by atoms with Crippen LogP contribution in [0.25, 0.3) is 0 Å². The third-order valence-corrected chi connectivity index (χ3v) is 4.22. The van der Waals surface area contributed by atoms with Gasteiger partial charge in [0, 0.05) is 33.1 Å². The van der Waals surface area contributed by atoms with Crippen molar-refractivity contribution in [2.24, 2.45) is 0 Å². The second-order valence-electron chi connectivity index (χ2n) is 5.84. The van der Waals surface area contributed by atoms with Crippen LogP contribution in [0.3, 0.4) is 0 Å².